The fourth-order valence-corrected chi connectivity index (χ4v) is 3.84. The molecular weight excluding hydrogens is 354 g/mol. The van der Waals surface area contributed by atoms with E-state index in [0.717, 1.165) is 14.6 Å². The van der Waals surface area contributed by atoms with Crippen molar-refractivity contribution in [3.63, 3.8) is 0 Å². The number of hydrogen-bond acceptors (Lipinski definition) is 4. The van der Waals surface area contributed by atoms with Gasteiger partial charge in [0.05, 0.1) is 12.2 Å². The first-order valence-electron chi connectivity index (χ1n) is 6.45. The maximum absolute atomic E-state index is 12.6. The van der Waals surface area contributed by atoms with Crippen LogP contribution in [-0.4, -0.2) is 36.9 Å². The zero-order chi connectivity index (χ0) is 15.6. The highest BCUT2D eigenvalue weighted by molar-refractivity contribution is 9.10. The van der Waals surface area contributed by atoms with Crippen LogP contribution in [0.25, 0.3) is 10.1 Å². The van der Waals surface area contributed by atoms with Gasteiger partial charge >= 0.3 is 0 Å². The zero-order valence-electron chi connectivity index (χ0n) is 11.8. The Hall–Kier alpha value is -1.60. The Kier molecular flexibility index (Phi) is 4.84. The Morgan fingerprint density at radius 1 is 1.43 bits per heavy atom. The second-order valence-electron chi connectivity index (χ2n) is 4.45. The fourth-order valence-electron chi connectivity index (χ4n) is 2.01. The Bertz CT molecular complexity index is 699. The smallest absolute Gasteiger partial charge is 0.266 e. The highest BCUT2D eigenvalue weighted by Crippen LogP contribution is 2.38. The van der Waals surface area contributed by atoms with Gasteiger partial charge < -0.3 is 16.0 Å². The Balaban J connectivity index is 2.41. The quantitative estimate of drug-likeness (QED) is 0.868. The standard InChI is InChI=1S/C14H16BrN3O2S/c1-3-18(7-10(19)17-2)14(20)13-12(16)11-8(15)5-4-6-9(11)21-13/h4-6H,3,7,16H2,1-2H3,(H,17,19). The first kappa shape index (κ1) is 15.8. The predicted molar refractivity (Wildman–Crippen MR) is 89.6 cm³/mol. The first-order valence-corrected chi connectivity index (χ1v) is 8.06. The van der Waals surface area contributed by atoms with Gasteiger partial charge in [0.1, 0.15) is 4.88 Å². The van der Waals surface area contributed by atoms with Crippen LogP contribution in [0.3, 0.4) is 0 Å². The molecule has 2 amide bonds. The minimum atomic E-state index is -0.216. The summed E-state index contributed by atoms with van der Waals surface area (Å²) in [6.07, 6.45) is 0. The van der Waals surface area contributed by atoms with Crippen LogP contribution in [0.5, 0.6) is 0 Å². The van der Waals surface area contributed by atoms with E-state index in [4.69, 9.17) is 5.73 Å². The minimum absolute atomic E-state index is 0.0285. The van der Waals surface area contributed by atoms with E-state index in [2.05, 4.69) is 21.2 Å². The molecule has 1 aromatic carbocycles. The third-order valence-corrected chi connectivity index (χ3v) is 5.00. The predicted octanol–water partition coefficient (Wildman–Crippen LogP) is 2.45. The van der Waals surface area contributed by atoms with E-state index in [9.17, 15) is 9.59 Å². The Morgan fingerprint density at radius 3 is 2.71 bits per heavy atom. The van der Waals surface area contributed by atoms with Gasteiger partial charge in [0.2, 0.25) is 5.91 Å². The summed E-state index contributed by atoms with van der Waals surface area (Å²) in [7, 11) is 1.55. The number of nitrogen functional groups attached to an aromatic ring is 1. The molecular formula is C14H16BrN3O2S. The molecule has 0 bridgehead atoms. The zero-order valence-corrected chi connectivity index (χ0v) is 14.2. The monoisotopic (exact) mass is 369 g/mol. The number of benzene rings is 1. The van der Waals surface area contributed by atoms with Crippen LogP contribution in [0, 0.1) is 0 Å². The number of rotatable bonds is 4. The summed E-state index contributed by atoms with van der Waals surface area (Å²) in [5, 5.41) is 3.37. The summed E-state index contributed by atoms with van der Waals surface area (Å²) in [5.41, 5.74) is 6.59. The summed E-state index contributed by atoms with van der Waals surface area (Å²) in [5.74, 6) is -0.419. The van der Waals surface area contributed by atoms with Crippen LogP contribution in [0.2, 0.25) is 0 Å². The minimum Gasteiger partial charge on any atom is -0.397 e. The number of nitrogens with one attached hydrogen (secondary N) is 1. The maximum Gasteiger partial charge on any atom is 0.266 e. The number of fused-ring (bicyclic) bond motifs is 1. The van der Waals surface area contributed by atoms with Crippen molar-refractivity contribution < 1.29 is 9.59 Å². The molecule has 0 fully saturated rings. The second kappa shape index (κ2) is 6.44. The highest BCUT2D eigenvalue weighted by Gasteiger charge is 2.23. The molecule has 1 heterocycles. The van der Waals surface area contributed by atoms with E-state index < -0.39 is 0 Å². The van der Waals surface area contributed by atoms with Crippen molar-refractivity contribution in [1.29, 1.82) is 0 Å². The normalized spacial score (nSPS) is 10.6. The molecule has 5 nitrogen and oxygen atoms in total. The molecule has 7 heteroatoms. The van der Waals surface area contributed by atoms with Gasteiger partial charge in [0.15, 0.2) is 0 Å². The van der Waals surface area contributed by atoms with Gasteiger partial charge in [-0.25, -0.2) is 0 Å². The van der Waals surface area contributed by atoms with Crippen LogP contribution in [0.15, 0.2) is 22.7 Å². The molecule has 0 radical (unpaired) electrons. The van der Waals surface area contributed by atoms with Crippen molar-refractivity contribution in [2.45, 2.75) is 6.92 Å². The third-order valence-electron chi connectivity index (χ3n) is 3.18. The SMILES string of the molecule is CCN(CC(=O)NC)C(=O)c1sc2cccc(Br)c2c1N. The molecule has 21 heavy (non-hydrogen) atoms. The number of carbonyl (C=O) groups is 2. The van der Waals surface area contributed by atoms with Gasteiger partial charge in [-0.2, -0.15) is 0 Å². The summed E-state index contributed by atoms with van der Waals surface area (Å²) < 4.78 is 1.81. The maximum atomic E-state index is 12.6. The molecule has 0 aliphatic carbocycles. The molecule has 3 N–H and O–H groups in total. The number of amides is 2. The molecule has 0 aliphatic heterocycles. The van der Waals surface area contributed by atoms with Crippen molar-refractivity contribution in [2.75, 3.05) is 25.9 Å². The van der Waals surface area contributed by atoms with Crippen LogP contribution >= 0.6 is 27.3 Å². The van der Waals surface area contributed by atoms with Crippen molar-refractivity contribution >= 4 is 54.9 Å². The highest BCUT2D eigenvalue weighted by atomic mass is 79.9. The second-order valence-corrected chi connectivity index (χ2v) is 6.36. The van der Waals surface area contributed by atoms with E-state index in [1.165, 1.54) is 16.2 Å². The molecule has 1 aromatic heterocycles. The molecule has 2 rings (SSSR count). The topological polar surface area (TPSA) is 75.4 Å². The van der Waals surface area contributed by atoms with Gasteiger partial charge in [-0.15, -0.1) is 11.3 Å². The van der Waals surface area contributed by atoms with Gasteiger partial charge in [0.25, 0.3) is 5.91 Å². The average Bonchev–Trinajstić information content (AvgIpc) is 2.82. The number of carbonyl (C=O) groups excluding carboxylic acids is 2. The Morgan fingerprint density at radius 2 is 2.14 bits per heavy atom. The summed E-state index contributed by atoms with van der Waals surface area (Å²) in [6, 6.07) is 5.72. The third kappa shape index (κ3) is 3.03. The lowest BCUT2D eigenvalue weighted by Crippen LogP contribution is -2.39. The van der Waals surface area contributed by atoms with Crippen LogP contribution in [0.4, 0.5) is 5.69 Å². The number of anilines is 1. The fraction of sp³-hybridized carbons (Fsp3) is 0.286. The van der Waals surface area contributed by atoms with Gasteiger partial charge in [-0.3, -0.25) is 9.59 Å². The van der Waals surface area contributed by atoms with Crippen LogP contribution in [0.1, 0.15) is 16.6 Å². The van der Waals surface area contributed by atoms with E-state index >= 15 is 0 Å². The Labute approximate surface area is 135 Å². The van der Waals surface area contributed by atoms with E-state index in [0.29, 0.717) is 17.1 Å². The molecule has 0 spiro atoms. The summed E-state index contributed by atoms with van der Waals surface area (Å²) in [6.45, 7) is 2.31. The number of thiophene rings is 1. The number of likely N-dealkylation sites (N-methyl/N-ethyl adjacent to an activating group) is 2. The van der Waals surface area contributed by atoms with Crippen molar-refractivity contribution in [3.8, 4) is 0 Å². The average molecular weight is 370 g/mol. The summed E-state index contributed by atoms with van der Waals surface area (Å²) >= 11 is 4.80. The lowest BCUT2D eigenvalue weighted by molar-refractivity contribution is -0.121. The summed E-state index contributed by atoms with van der Waals surface area (Å²) in [4.78, 5) is 26.0. The molecule has 0 unspecified atom stereocenters. The van der Waals surface area contributed by atoms with Gasteiger partial charge in [-0.1, -0.05) is 22.0 Å². The number of nitrogens with zero attached hydrogens (tertiary/aromatic N) is 1. The molecule has 112 valence electrons. The lowest BCUT2D eigenvalue weighted by atomic mass is 10.2. The first-order chi connectivity index (χ1) is 9.99. The molecule has 0 saturated carbocycles. The molecule has 0 aliphatic rings. The van der Waals surface area contributed by atoms with E-state index in [1.54, 1.807) is 7.05 Å². The molecule has 0 atom stereocenters. The number of hydrogen-bond donors (Lipinski definition) is 2. The van der Waals surface area contributed by atoms with Crippen molar-refractivity contribution in [3.05, 3.63) is 27.5 Å². The van der Waals surface area contributed by atoms with E-state index in [1.807, 2.05) is 25.1 Å². The van der Waals surface area contributed by atoms with Gasteiger partial charge in [-0.05, 0) is 19.1 Å². The lowest BCUT2D eigenvalue weighted by Gasteiger charge is -2.19. The van der Waals surface area contributed by atoms with Gasteiger partial charge in [0, 0.05) is 28.2 Å². The van der Waals surface area contributed by atoms with Crippen molar-refractivity contribution in [2.24, 2.45) is 0 Å². The molecule has 2 aromatic rings. The van der Waals surface area contributed by atoms with Crippen LogP contribution in [-0.2, 0) is 4.79 Å². The largest absolute Gasteiger partial charge is 0.397 e. The van der Waals surface area contributed by atoms with Crippen LogP contribution < -0.4 is 11.1 Å². The molecule has 0 saturated heterocycles. The number of nitrogens with two attached hydrogens (primary N) is 1. The van der Waals surface area contributed by atoms with E-state index in [-0.39, 0.29) is 18.4 Å². The number of halogens is 1. The van der Waals surface area contributed by atoms with Crippen molar-refractivity contribution in [1.82, 2.24) is 10.2 Å².